The van der Waals surface area contributed by atoms with Crippen molar-refractivity contribution in [3.63, 3.8) is 0 Å². The van der Waals surface area contributed by atoms with E-state index in [1.54, 1.807) is 6.20 Å². The molecule has 1 amide bonds. The number of carbonyl (C=O) groups is 1. The average molecular weight is 307 g/mol. The third-order valence-electron chi connectivity index (χ3n) is 3.23. The van der Waals surface area contributed by atoms with E-state index in [2.05, 4.69) is 15.6 Å². The number of benzene rings is 1. The number of hydrogen-bond acceptors (Lipinski definition) is 3. The molecule has 6 heteroatoms. The number of rotatable bonds is 6. The van der Waals surface area contributed by atoms with Crippen molar-refractivity contribution in [2.45, 2.75) is 12.5 Å². The van der Waals surface area contributed by atoms with Gasteiger partial charge in [-0.25, -0.2) is 4.98 Å². The van der Waals surface area contributed by atoms with Crippen LogP contribution in [0.25, 0.3) is 0 Å². The van der Waals surface area contributed by atoms with Crippen molar-refractivity contribution in [3.8, 4) is 0 Å². The van der Waals surface area contributed by atoms with Crippen LogP contribution in [0.5, 0.6) is 0 Å². The lowest BCUT2D eigenvalue weighted by molar-refractivity contribution is -0.121. The first-order valence-corrected chi connectivity index (χ1v) is 7.16. The van der Waals surface area contributed by atoms with E-state index in [9.17, 15) is 4.79 Å². The van der Waals surface area contributed by atoms with E-state index in [0.29, 0.717) is 18.0 Å². The Morgan fingerprint density at radius 3 is 2.67 bits per heavy atom. The van der Waals surface area contributed by atoms with E-state index < -0.39 is 0 Å². The van der Waals surface area contributed by atoms with Crippen molar-refractivity contribution in [3.05, 3.63) is 53.1 Å². The molecule has 1 unspecified atom stereocenters. The zero-order valence-electron chi connectivity index (χ0n) is 12.1. The van der Waals surface area contributed by atoms with Gasteiger partial charge in [0.15, 0.2) is 0 Å². The molecule has 5 nitrogen and oxygen atoms in total. The Balaban J connectivity index is 2.25. The van der Waals surface area contributed by atoms with Crippen molar-refractivity contribution < 1.29 is 4.79 Å². The Morgan fingerprint density at radius 2 is 2.10 bits per heavy atom. The van der Waals surface area contributed by atoms with Crippen LogP contribution in [0.15, 0.2) is 36.7 Å². The van der Waals surface area contributed by atoms with Crippen LogP contribution in [0.3, 0.4) is 0 Å². The number of aromatic nitrogens is 2. The summed E-state index contributed by atoms with van der Waals surface area (Å²) in [6.07, 6.45) is 4.00. The second-order valence-corrected chi connectivity index (χ2v) is 5.24. The molecule has 0 aliphatic rings. The average Bonchev–Trinajstić information content (AvgIpc) is 2.89. The molecule has 112 valence electrons. The maximum absolute atomic E-state index is 12.0. The number of nitrogens with one attached hydrogen (secondary N) is 2. The van der Waals surface area contributed by atoms with Gasteiger partial charge in [-0.05, 0) is 24.7 Å². The molecule has 1 atom stereocenters. The van der Waals surface area contributed by atoms with E-state index >= 15 is 0 Å². The molecule has 0 aliphatic heterocycles. The van der Waals surface area contributed by atoms with Crippen molar-refractivity contribution in [2.24, 2.45) is 7.05 Å². The Kier molecular flexibility index (Phi) is 5.36. The van der Waals surface area contributed by atoms with Gasteiger partial charge in [0.25, 0.3) is 0 Å². The fraction of sp³-hybridized carbons (Fsp3) is 0.333. The summed E-state index contributed by atoms with van der Waals surface area (Å²) in [5.41, 5.74) is 0.950. The number of aryl methyl sites for hydroxylation is 1. The van der Waals surface area contributed by atoms with Gasteiger partial charge in [0.2, 0.25) is 5.91 Å². The van der Waals surface area contributed by atoms with E-state index in [1.807, 2.05) is 49.1 Å². The van der Waals surface area contributed by atoms with Crippen LogP contribution in [0, 0.1) is 0 Å². The van der Waals surface area contributed by atoms with E-state index in [-0.39, 0.29) is 11.9 Å². The molecule has 0 saturated heterocycles. The van der Waals surface area contributed by atoms with Crippen LogP contribution >= 0.6 is 11.6 Å². The summed E-state index contributed by atoms with van der Waals surface area (Å²) in [7, 11) is 3.73. The van der Waals surface area contributed by atoms with Crippen LogP contribution in [-0.2, 0) is 11.8 Å². The van der Waals surface area contributed by atoms with E-state index in [4.69, 9.17) is 11.6 Å². The highest BCUT2D eigenvalue weighted by atomic mass is 35.5. The second kappa shape index (κ2) is 7.24. The number of nitrogens with zero attached hydrogens (tertiary/aromatic N) is 2. The molecular formula is C15H19ClN4O. The monoisotopic (exact) mass is 306 g/mol. The van der Waals surface area contributed by atoms with E-state index in [0.717, 1.165) is 11.4 Å². The Morgan fingerprint density at radius 1 is 1.38 bits per heavy atom. The molecule has 0 fully saturated rings. The summed E-state index contributed by atoms with van der Waals surface area (Å²) >= 11 is 5.93. The predicted octanol–water partition coefficient (Wildman–Crippen LogP) is 1.89. The quantitative estimate of drug-likeness (QED) is 0.857. The Hall–Kier alpha value is -1.85. The second-order valence-electron chi connectivity index (χ2n) is 4.80. The zero-order chi connectivity index (χ0) is 15.2. The van der Waals surface area contributed by atoms with Crippen LogP contribution in [0.4, 0.5) is 0 Å². The van der Waals surface area contributed by atoms with Crippen molar-refractivity contribution in [1.82, 2.24) is 20.2 Å². The van der Waals surface area contributed by atoms with Gasteiger partial charge >= 0.3 is 0 Å². The van der Waals surface area contributed by atoms with E-state index in [1.165, 1.54) is 0 Å². The molecule has 21 heavy (non-hydrogen) atoms. The minimum Gasteiger partial charge on any atom is -0.342 e. The topological polar surface area (TPSA) is 59.0 Å². The summed E-state index contributed by atoms with van der Waals surface area (Å²) in [5, 5.41) is 6.66. The molecule has 1 aromatic carbocycles. The van der Waals surface area contributed by atoms with Crippen molar-refractivity contribution in [2.75, 3.05) is 13.6 Å². The molecule has 1 heterocycles. The highest BCUT2D eigenvalue weighted by molar-refractivity contribution is 6.30. The molecule has 2 N–H and O–H groups in total. The Labute approximate surface area is 129 Å². The number of hydrogen-bond donors (Lipinski definition) is 2. The fourth-order valence-electron chi connectivity index (χ4n) is 2.08. The van der Waals surface area contributed by atoms with Crippen LogP contribution in [-0.4, -0.2) is 29.1 Å². The van der Waals surface area contributed by atoms with Gasteiger partial charge < -0.3 is 15.2 Å². The first kappa shape index (κ1) is 15.5. The third kappa shape index (κ3) is 4.06. The van der Waals surface area contributed by atoms with Gasteiger partial charge in [-0.15, -0.1) is 0 Å². The molecule has 0 bridgehead atoms. The smallest absolute Gasteiger partial charge is 0.222 e. The molecule has 1 aromatic heterocycles. The van der Waals surface area contributed by atoms with Crippen molar-refractivity contribution >= 4 is 17.5 Å². The van der Waals surface area contributed by atoms with Gasteiger partial charge in [0, 0.05) is 37.4 Å². The zero-order valence-corrected chi connectivity index (χ0v) is 12.9. The lowest BCUT2D eigenvalue weighted by atomic mass is 10.1. The summed E-state index contributed by atoms with van der Waals surface area (Å²) in [6.45, 7) is 0.639. The maximum atomic E-state index is 12.0. The highest BCUT2D eigenvalue weighted by Crippen LogP contribution is 2.22. The van der Waals surface area contributed by atoms with Crippen molar-refractivity contribution in [1.29, 1.82) is 0 Å². The SMILES string of the molecule is CNCCC(=O)NC(c1ccc(Cl)cc1)c1nccn1C. The lowest BCUT2D eigenvalue weighted by Crippen LogP contribution is -2.32. The van der Waals surface area contributed by atoms with Crippen LogP contribution in [0.1, 0.15) is 23.9 Å². The molecule has 0 saturated carbocycles. The lowest BCUT2D eigenvalue weighted by Gasteiger charge is -2.19. The largest absolute Gasteiger partial charge is 0.342 e. The Bertz CT molecular complexity index is 594. The minimum atomic E-state index is -0.286. The summed E-state index contributed by atoms with van der Waals surface area (Å²) in [4.78, 5) is 16.4. The standard InChI is InChI=1S/C15H19ClN4O/c1-17-8-7-13(21)19-14(15-18-9-10-20(15)2)11-3-5-12(16)6-4-11/h3-6,9-10,14,17H,7-8H2,1-2H3,(H,19,21). The highest BCUT2D eigenvalue weighted by Gasteiger charge is 2.20. The summed E-state index contributed by atoms with van der Waals surface area (Å²) in [6, 6.07) is 7.14. The number of amides is 1. The maximum Gasteiger partial charge on any atom is 0.222 e. The molecule has 0 spiro atoms. The minimum absolute atomic E-state index is 0.0210. The summed E-state index contributed by atoms with van der Waals surface area (Å²) in [5.74, 6) is 0.766. The van der Waals surface area contributed by atoms with Gasteiger partial charge in [-0.3, -0.25) is 4.79 Å². The molecule has 2 aromatic rings. The first-order chi connectivity index (χ1) is 10.1. The van der Waals surface area contributed by atoms with Crippen LogP contribution in [0.2, 0.25) is 5.02 Å². The number of imidazole rings is 1. The van der Waals surface area contributed by atoms with Gasteiger partial charge in [0.05, 0.1) is 0 Å². The normalized spacial score (nSPS) is 12.1. The third-order valence-corrected chi connectivity index (χ3v) is 3.48. The molecule has 0 radical (unpaired) electrons. The number of halogens is 1. The molecule has 2 rings (SSSR count). The van der Waals surface area contributed by atoms with Gasteiger partial charge in [-0.1, -0.05) is 23.7 Å². The van der Waals surface area contributed by atoms with Gasteiger partial charge in [0.1, 0.15) is 11.9 Å². The fourth-order valence-corrected chi connectivity index (χ4v) is 2.21. The number of carbonyl (C=O) groups excluding carboxylic acids is 1. The van der Waals surface area contributed by atoms with Crippen LogP contribution < -0.4 is 10.6 Å². The first-order valence-electron chi connectivity index (χ1n) is 6.78. The summed E-state index contributed by atoms with van der Waals surface area (Å²) < 4.78 is 1.90. The molecule has 0 aliphatic carbocycles. The van der Waals surface area contributed by atoms with Gasteiger partial charge in [-0.2, -0.15) is 0 Å². The molecular weight excluding hydrogens is 288 g/mol. The predicted molar refractivity (Wildman–Crippen MR) is 83.2 cm³/mol.